The van der Waals surface area contributed by atoms with E-state index in [2.05, 4.69) is 67.0 Å². The number of imidazole rings is 2. The van der Waals surface area contributed by atoms with E-state index >= 15 is 0 Å². The van der Waals surface area contributed by atoms with E-state index in [0.29, 0.717) is 32.4 Å². The predicted octanol–water partition coefficient (Wildman–Crippen LogP) is 6.51. The predicted molar refractivity (Wildman–Crippen MR) is 203 cm³/mol. The van der Waals surface area contributed by atoms with Crippen LogP contribution in [0.3, 0.4) is 0 Å². The van der Waals surface area contributed by atoms with Gasteiger partial charge in [-0.25, -0.2) is 19.6 Å². The van der Waals surface area contributed by atoms with Crippen molar-refractivity contribution in [2.24, 2.45) is 0 Å². The topological polar surface area (TPSA) is 175 Å². The van der Waals surface area contributed by atoms with Crippen LogP contribution in [-0.2, 0) is 19.1 Å². The van der Waals surface area contributed by atoms with Crippen LogP contribution in [-0.4, -0.2) is 93.1 Å². The Hall–Kier alpha value is -5.66. The Morgan fingerprint density at radius 3 is 1.69 bits per heavy atom. The summed E-state index contributed by atoms with van der Waals surface area (Å²) in [6.45, 7) is 5.13. The number of hydrogen-bond acceptors (Lipinski definition) is 8. The van der Waals surface area contributed by atoms with Crippen LogP contribution in [0.15, 0.2) is 60.9 Å². The zero-order valence-corrected chi connectivity index (χ0v) is 31.4. The molecule has 0 spiro atoms. The number of amides is 4. The number of benzene rings is 2. The summed E-state index contributed by atoms with van der Waals surface area (Å²) in [6.07, 6.45) is 7.27. The number of carbonyl (C=O) groups is 4. The Bertz CT molecular complexity index is 1770. The van der Waals surface area contributed by atoms with Gasteiger partial charge in [-0.3, -0.25) is 9.59 Å². The fourth-order valence-corrected chi connectivity index (χ4v) is 7.43. The number of H-pyrrole nitrogens is 2. The Balaban J connectivity index is 1.10. The number of alkyl carbamates (subject to hydrolysis) is 2. The number of likely N-dealkylation sites (tertiary alicyclic amines) is 2. The van der Waals surface area contributed by atoms with Gasteiger partial charge in [-0.15, -0.1) is 0 Å². The van der Waals surface area contributed by atoms with Gasteiger partial charge in [0.1, 0.15) is 17.7 Å². The molecule has 4 amide bonds. The van der Waals surface area contributed by atoms with Gasteiger partial charge < -0.3 is 39.9 Å². The highest BCUT2D eigenvalue weighted by molar-refractivity contribution is 5.86. The van der Waals surface area contributed by atoms with Gasteiger partial charge >= 0.3 is 12.2 Å². The fraction of sp³-hybridized carbons (Fsp3) is 0.450. The van der Waals surface area contributed by atoms with E-state index in [-0.39, 0.29) is 23.9 Å². The standard InChI is InChI=1S/C40H50N8O6/c1-5-9-29(46-40(52)53-4)37(49)47-21-7-11-32(47)35-42-23-30(44-35)27-17-13-25(14-18-27)26-15-19-28(20-16-26)31-24-43-36(45-31)33-12-8-22-48(33)38(50)34(10-6-2)54-39(51)41-3/h13-20,23-24,29,32-34H,5-12,21-22H2,1-4H3,(H,41,51)(H,42,44)(H,43,45)(H,46,52)/t29-,32-,33-,34-/m0/s1. The Morgan fingerprint density at radius 2 is 1.22 bits per heavy atom. The highest BCUT2D eigenvalue weighted by Gasteiger charge is 2.38. The summed E-state index contributed by atoms with van der Waals surface area (Å²) in [4.78, 5) is 70.5. The number of nitrogens with zero attached hydrogens (tertiary/aromatic N) is 4. The van der Waals surface area contributed by atoms with Crippen LogP contribution in [0.4, 0.5) is 9.59 Å². The Labute approximate surface area is 315 Å². The molecule has 0 bridgehead atoms. The lowest BCUT2D eigenvalue weighted by atomic mass is 10.0. The molecule has 54 heavy (non-hydrogen) atoms. The van der Waals surface area contributed by atoms with Gasteiger partial charge in [0.2, 0.25) is 5.91 Å². The Kier molecular flexibility index (Phi) is 12.3. The molecule has 14 heteroatoms. The van der Waals surface area contributed by atoms with Crippen LogP contribution in [0.5, 0.6) is 0 Å². The molecule has 6 rings (SSSR count). The van der Waals surface area contributed by atoms with E-state index in [1.807, 2.05) is 30.9 Å². The number of aromatic nitrogens is 4. The third kappa shape index (κ3) is 8.42. The first-order valence-corrected chi connectivity index (χ1v) is 18.9. The van der Waals surface area contributed by atoms with Gasteiger partial charge in [0.25, 0.3) is 5.91 Å². The summed E-state index contributed by atoms with van der Waals surface area (Å²) < 4.78 is 10.2. The average Bonchev–Trinajstić information content (AvgIpc) is 4.04. The molecule has 0 saturated carbocycles. The molecular weight excluding hydrogens is 688 g/mol. The lowest BCUT2D eigenvalue weighted by Gasteiger charge is -2.28. The monoisotopic (exact) mass is 738 g/mol. The van der Waals surface area contributed by atoms with E-state index in [9.17, 15) is 19.2 Å². The highest BCUT2D eigenvalue weighted by atomic mass is 16.6. The van der Waals surface area contributed by atoms with Crippen LogP contribution >= 0.6 is 0 Å². The zero-order valence-electron chi connectivity index (χ0n) is 31.4. The molecule has 4 heterocycles. The van der Waals surface area contributed by atoms with Crippen molar-refractivity contribution >= 4 is 24.0 Å². The molecule has 4 N–H and O–H groups in total. The molecule has 4 atom stereocenters. The lowest BCUT2D eigenvalue weighted by molar-refractivity contribution is -0.141. The van der Waals surface area contributed by atoms with Gasteiger partial charge in [0, 0.05) is 20.1 Å². The number of hydrogen-bond donors (Lipinski definition) is 4. The second-order valence-electron chi connectivity index (χ2n) is 13.8. The van der Waals surface area contributed by atoms with Crippen molar-refractivity contribution in [3.05, 3.63) is 72.6 Å². The zero-order chi connectivity index (χ0) is 38.2. The quantitative estimate of drug-likeness (QED) is 0.120. The molecule has 14 nitrogen and oxygen atoms in total. The van der Waals surface area contributed by atoms with Crippen molar-refractivity contribution < 1.29 is 28.7 Å². The minimum Gasteiger partial charge on any atom is -0.453 e. The van der Waals surface area contributed by atoms with Crippen LogP contribution < -0.4 is 10.6 Å². The summed E-state index contributed by atoms with van der Waals surface area (Å²) in [7, 11) is 2.78. The average molecular weight is 739 g/mol. The smallest absolute Gasteiger partial charge is 0.407 e. The molecule has 0 unspecified atom stereocenters. The Morgan fingerprint density at radius 1 is 0.741 bits per heavy atom. The summed E-state index contributed by atoms with van der Waals surface area (Å²) in [6, 6.07) is 15.4. The highest BCUT2D eigenvalue weighted by Crippen LogP contribution is 2.35. The first-order valence-electron chi connectivity index (χ1n) is 18.9. The maximum absolute atomic E-state index is 13.5. The van der Waals surface area contributed by atoms with Gasteiger partial charge in [-0.05, 0) is 60.8 Å². The van der Waals surface area contributed by atoms with Crippen LogP contribution in [0.25, 0.3) is 33.6 Å². The number of aromatic amines is 2. The van der Waals surface area contributed by atoms with Crippen molar-refractivity contribution in [3.63, 3.8) is 0 Å². The molecule has 2 aliphatic heterocycles. The molecule has 2 aromatic heterocycles. The molecule has 2 aromatic carbocycles. The largest absolute Gasteiger partial charge is 0.453 e. The third-order valence-corrected chi connectivity index (χ3v) is 10.3. The number of methoxy groups -OCH3 is 1. The lowest BCUT2D eigenvalue weighted by Crippen LogP contribution is -2.48. The first-order chi connectivity index (χ1) is 26.2. The number of carbonyl (C=O) groups excluding carboxylic acids is 4. The molecular formula is C40H50N8O6. The van der Waals surface area contributed by atoms with Crippen molar-refractivity contribution in [1.82, 2.24) is 40.4 Å². The molecule has 4 aromatic rings. The van der Waals surface area contributed by atoms with E-state index in [1.165, 1.54) is 14.2 Å². The molecule has 2 fully saturated rings. The SMILES string of the molecule is CCC[C@H](NC(=O)OC)C(=O)N1CCC[C@H]1c1ncc(-c2ccc(-c3ccc(-c4cnc([C@@H]5CCCN5C(=O)[C@H](CCC)OC(=O)NC)[nH]4)cc3)cc2)[nH]1. The molecule has 2 aliphatic rings. The second-order valence-corrected chi connectivity index (χ2v) is 13.8. The van der Waals surface area contributed by atoms with E-state index in [4.69, 9.17) is 9.47 Å². The summed E-state index contributed by atoms with van der Waals surface area (Å²) >= 11 is 0. The molecule has 0 radical (unpaired) electrons. The van der Waals surface area contributed by atoms with E-state index < -0.39 is 24.3 Å². The van der Waals surface area contributed by atoms with Gasteiger partial charge in [0.05, 0.1) is 43.0 Å². The van der Waals surface area contributed by atoms with Crippen molar-refractivity contribution in [2.75, 3.05) is 27.2 Å². The first kappa shape index (κ1) is 38.1. The summed E-state index contributed by atoms with van der Waals surface area (Å²) in [5.74, 6) is 1.14. The van der Waals surface area contributed by atoms with Crippen molar-refractivity contribution in [2.45, 2.75) is 89.4 Å². The van der Waals surface area contributed by atoms with Gasteiger partial charge in [-0.1, -0.05) is 75.2 Å². The minimum absolute atomic E-state index is 0.120. The van der Waals surface area contributed by atoms with Crippen LogP contribution in [0, 0.1) is 0 Å². The van der Waals surface area contributed by atoms with Gasteiger partial charge in [0.15, 0.2) is 6.10 Å². The maximum atomic E-state index is 13.5. The summed E-state index contributed by atoms with van der Waals surface area (Å²) in [5.41, 5.74) is 5.79. The van der Waals surface area contributed by atoms with Crippen LogP contribution in [0.2, 0.25) is 0 Å². The van der Waals surface area contributed by atoms with Crippen molar-refractivity contribution in [1.29, 1.82) is 0 Å². The summed E-state index contributed by atoms with van der Waals surface area (Å²) in [5, 5.41) is 5.13. The molecule has 286 valence electrons. The second kappa shape index (κ2) is 17.4. The van der Waals surface area contributed by atoms with E-state index in [0.717, 1.165) is 77.4 Å². The van der Waals surface area contributed by atoms with Gasteiger partial charge in [-0.2, -0.15) is 0 Å². The van der Waals surface area contributed by atoms with Crippen molar-refractivity contribution in [3.8, 4) is 33.6 Å². The maximum Gasteiger partial charge on any atom is 0.407 e. The molecule has 0 aliphatic carbocycles. The number of ether oxygens (including phenoxy) is 2. The van der Waals surface area contributed by atoms with Crippen LogP contribution in [0.1, 0.15) is 88.9 Å². The molecule has 2 saturated heterocycles. The third-order valence-electron chi connectivity index (χ3n) is 10.3. The van der Waals surface area contributed by atoms with E-state index in [1.54, 1.807) is 17.3 Å². The number of rotatable bonds is 13. The minimum atomic E-state index is -0.828. The normalized spacial score (nSPS) is 17.9. The number of nitrogens with one attached hydrogen (secondary N) is 4. The fourth-order valence-electron chi connectivity index (χ4n) is 7.43.